The molecule has 0 saturated carbocycles. The Hall–Kier alpha value is -3.59. The zero-order valence-corrected chi connectivity index (χ0v) is 18.6. The Bertz CT molecular complexity index is 1400. The average Bonchev–Trinajstić information content (AvgIpc) is 3.18. The van der Waals surface area contributed by atoms with Crippen LogP contribution in [0.5, 0.6) is 11.5 Å². The van der Waals surface area contributed by atoms with E-state index in [-0.39, 0.29) is 22.9 Å². The molecule has 4 aromatic rings. The second-order valence-electron chi connectivity index (χ2n) is 7.14. The van der Waals surface area contributed by atoms with E-state index in [2.05, 4.69) is 9.71 Å². The number of anilines is 1. The summed E-state index contributed by atoms with van der Waals surface area (Å²) in [5.74, 6) is -0.438. The van der Waals surface area contributed by atoms with Crippen LogP contribution in [0, 0.1) is 12.7 Å². The number of sulfonamides is 1. The third-order valence-corrected chi connectivity index (χ3v) is 6.23. The summed E-state index contributed by atoms with van der Waals surface area (Å²) < 4.78 is 54.9. The standard InChI is InChI=1S/C23H22FN3O4S/c1-4-31-21-8-6-17(13-18(21)24)32(28,29)26-19-12-16(5-7-22(19)30-3)20-14-27-10-9-15(2)11-23(27)25-20/h5-14,26H,4H2,1-3H3. The van der Waals surface area contributed by atoms with Gasteiger partial charge in [0, 0.05) is 18.0 Å². The second-order valence-corrected chi connectivity index (χ2v) is 8.82. The van der Waals surface area contributed by atoms with E-state index in [0.29, 0.717) is 17.0 Å². The normalized spacial score (nSPS) is 11.5. The van der Waals surface area contributed by atoms with Crippen LogP contribution in [-0.4, -0.2) is 31.5 Å². The van der Waals surface area contributed by atoms with Crippen LogP contribution in [-0.2, 0) is 10.0 Å². The lowest BCUT2D eigenvalue weighted by Crippen LogP contribution is -2.14. The first kappa shape index (κ1) is 21.6. The number of imidazole rings is 1. The zero-order valence-electron chi connectivity index (χ0n) is 17.8. The van der Waals surface area contributed by atoms with Crippen LogP contribution in [0.15, 0.2) is 65.8 Å². The van der Waals surface area contributed by atoms with Crippen LogP contribution in [0.25, 0.3) is 16.9 Å². The quantitative estimate of drug-likeness (QED) is 0.438. The van der Waals surface area contributed by atoms with Crippen molar-refractivity contribution in [3.05, 3.63) is 72.3 Å². The number of hydrogen-bond donors (Lipinski definition) is 1. The minimum atomic E-state index is -4.08. The molecule has 1 N–H and O–H groups in total. The monoisotopic (exact) mass is 455 g/mol. The lowest BCUT2D eigenvalue weighted by atomic mass is 10.1. The predicted octanol–water partition coefficient (Wildman–Crippen LogP) is 4.66. The SMILES string of the molecule is CCOc1ccc(S(=O)(=O)Nc2cc(-c3cn4ccc(C)cc4n3)ccc2OC)cc1F. The lowest BCUT2D eigenvalue weighted by molar-refractivity contribution is 0.321. The van der Waals surface area contributed by atoms with Crippen molar-refractivity contribution in [3.8, 4) is 22.8 Å². The molecule has 0 aliphatic rings. The molecule has 0 aliphatic carbocycles. The summed E-state index contributed by atoms with van der Waals surface area (Å²) >= 11 is 0. The van der Waals surface area contributed by atoms with E-state index in [1.165, 1.54) is 19.2 Å². The topological polar surface area (TPSA) is 81.9 Å². The van der Waals surface area contributed by atoms with Gasteiger partial charge in [0.15, 0.2) is 11.6 Å². The van der Waals surface area contributed by atoms with Crippen LogP contribution in [0.1, 0.15) is 12.5 Å². The molecule has 0 radical (unpaired) electrons. The molecule has 0 spiro atoms. The fourth-order valence-electron chi connectivity index (χ4n) is 3.29. The van der Waals surface area contributed by atoms with Crippen LogP contribution < -0.4 is 14.2 Å². The van der Waals surface area contributed by atoms with Gasteiger partial charge in [0.2, 0.25) is 0 Å². The summed E-state index contributed by atoms with van der Waals surface area (Å²) in [4.78, 5) is 4.39. The van der Waals surface area contributed by atoms with Crippen molar-refractivity contribution in [1.82, 2.24) is 9.38 Å². The summed E-state index contributed by atoms with van der Waals surface area (Å²) in [6.45, 7) is 3.97. The number of pyridine rings is 1. The summed E-state index contributed by atoms with van der Waals surface area (Å²) in [6, 6.07) is 12.5. The van der Waals surface area contributed by atoms with Crippen molar-refractivity contribution in [2.75, 3.05) is 18.4 Å². The van der Waals surface area contributed by atoms with Gasteiger partial charge >= 0.3 is 0 Å². The highest BCUT2D eigenvalue weighted by Gasteiger charge is 2.20. The van der Waals surface area contributed by atoms with Crippen LogP contribution in [0.4, 0.5) is 10.1 Å². The maximum Gasteiger partial charge on any atom is 0.262 e. The summed E-state index contributed by atoms with van der Waals surface area (Å²) in [7, 11) is -2.64. The highest BCUT2D eigenvalue weighted by atomic mass is 32.2. The van der Waals surface area contributed by atoms with Crippen molar-refractivity contribution < 1.29 is 22.3 Å². The first-order valence-corrected chi connectivity index (χ1v) is 11.4. The van der Waals surface area contributed by atoms with E-state index in [4.69, 9.17) is 9.47 Å². The summed E-state index contributed by atoms with van der Waals surface area (Å²) in [6.07, 6.45) is 3.77. The number of methoxy groups -OCH3 is 1. The van der Waals surface area contributed by atoms with E-state index in [1.54, 1.807) is 25.1 Å². The van der Waals surface area contributed by atoms with Gasteiger partial charge in [-0.25, -0.2) is 17.8 Å². The minimum Gasteiger partial charge on any atom is -0.495 e. The van der Waals surface area contributed by atoms with Gasteiger partial charge in [-0.05, 0) is 67.9 Å². The van der Waals surface area contributed by atoms with E-state index < -0.39 is 15.8 Å². The molecule has 0 atom stereocenters. The highest BCUT2D eigenvalue weighted by molar-refractivity contribution is 7.92. The van der Waals surface area contributed by atoms with Crippen molar-refractivity contribution in [2.45, 2.75) is 18.7 Å². The molecule has 0 unspecified atom stereocenters. The first-order chi connectivity index (χ1) is 15.3. The van der Waals surface area contributed by atoms with Gasteiger partial charge in [0.05, 0.1) is 30.0 Å². The molecular formula is C23H22FN3O4S. The van der Waals surface area contributed by atoms with Gasteiger partial charge in [-0.2, -0.15) is 0 Å². The van der Waals surface area contributed by atoms with Gasteiger partial charge in [-0.3, -0.25) is 4.72 Å². The van der Waals surface area contributed by atoms with Crippen molar-refractivity contribution in [3.63, 3.8) is 0 Å². The van der Waals surface area contributed by atoms with Gasteiger partial charge in [0.1, 0.15) is 11.4 Å². The summed E-state index contributed by atoms with van der Waals surface area (Å²) in [5, 5.41) is 0. The molecule has 0 aliphatic heterocycles. The van der Waals surface area contributed by atoms with Crippen LogP contribution in [0.2, 0.25) is 0 Å². The number of fused-ring (bicyclic) bond motifs is 1. The Balaban J connectivity index is 1.70. The van der Waals surface area contributed by atoms with Crippen molar-refractivity contribution in [2.24, 2.45) is 0 Å². The maximum atomic E-state index is 14.2. The molecule has 166 valence electrons. The number of hydrogen-bond acceptors (Lipinski definition) is 5. The Morgan fingerprint density at radius 3 is 2.59 bits per heavy atom. The molecule has 2 aromatic carbocycles. The number of aromatic nitrogens is 2. The molecule has 2 aromatic heterocycles. The Labute approximate surface area is 185 Å². The number of benzene rings is 2. The van der Waals surface area contributed by atoms with E-state index >= 15 is 0 Å². The number of ether oxygens (including phenoxy) is 2. The third-order valence-electron chi connectivity index (χ3n) is 4.87. The molecule has 0 bridgehead atoms. The Kier molecular flexibility index (Phi) is 5.75. The molecule has 0 fully saturated rings. The van der Waals surface area contributed by atoms with Crippen molar-refractivity contribution >= 4 is 21.4 Å². The van der Waals surface area contributed by atoms with E-state index in [1.807, 2.05) is 35.9 Å². The molecule has 0 amide bonds. The number of nitrogens with one attached hydrogen (secondary N) is 1. The third kappa shape index (κ3) is 4.24. The number of nitrogens with zero attached hydrogens (tertiary/aromatic N) is 2. The first-order valence-electron chi connectivity index (χ1n) is 9.89. The molecule has 32 heavy (non-hydrogen) atoms. The Morgan fingerprint density at radius 1 is 1.09 bits per heavy atom. The lowest BCUT2D eigenvalue weighted by Gasteiger charge is -2.14. The maximum absolute atomic E-state index is 14.2. The smallest absolute Gasteiger partial charge is 0.262 e. The Morgan fingerprint density at radius 2 is 1.88 bits per heavy atom. The molecular weight excluding hydrogens is 433 g/mol. The van der Waals surface area contributed by atoms with Crippen molar-refractivity contribution in [1.29, 1.82) is 0 Å². The predicted molar refractivity (Wildman–Crippen MR) is 120 cm³/mol. The number of rotatable bonds is 7. The van der Waals surface area contributed by atoms with Gasteiger partial charge in [-0.15, -0.1) is 0 Å². The molecule has 9 heteroatoms. The zero-order chi connectivity index (χ0) is 22.9. The largest absolute Gasteiger partial charge is 0.495 e. The molecule has 0 saturated heterocycles. The average molecular weight is 456 g/mol. The number of halogens is 1. The van der Waals surface area contributed by atoms with Gasteiger partial charge < -0.3 is 13.9 Å². The van der Waals surface area contributed by atoms with Gasteiger partial charge in [-0.1, -0.05) is 0 Å². The number of aryl methyl sites for hydroxylation is 1. The highest BCUT2D eigenvalue weighted by Crippen LogP contribution is 2.32. The fraction of sp³-hybridized carbons (Fsp3) is 0.174. The fourth-order valence-corrected chi connectivity index (χ4v) is 4.37. The second kappa shape index (κ2) is 8.51. The molecule has 7 nitrogen and oxygen atoms in total. The van der Waals surface area contributed by atoms with Crippen LogP contribution >= 0.6 is 0 Å². The van der Waals surface area contributed by atoms with Gasteiger partial charge in [0.25, 0.3) is 10.0 Å². The molecule has 4 rings (SSSR count). The van der Waals surface area contributed by atoms with E-state index in [9.17, 15) is 12.8 Å². The van der Waals surface area contributed by atoms with E-state index in [0.717, 1.165) is 17.3 Å². The molecule has 2 heterocycles. The van der Waals surface area contributed by atoms with Crippen LogP contribution in [0.3, 0.4) is 0 Å². The minimum absolute atomic E-state index is 0.00638. The summed E-state index contributed by atoms with van der Waals surface area (Å²) in [5.41, 5.74) is 3.45.